The molecule has 1 aliphatic carbocycles. The van der Waals surface area contributed by atoms with Gasteiger partial charge in [-0.2, -0.15) is 9.41 Å². The lowest BCUT2D eigenvalue weighted by Gasteiger charge is -2.26. The average molecular weight is 467 g/mol. The summed E-state index contributed by atoms with van der Waals surface area (Å²) in [7, 11) is -3.92. The van der Waals surface area contributed by atoms with Gasteiger partial charge in [0, 0.05) is 30.9 Å². The Hall–Kier alpha value is -2.04. The summed E-state index contributed by atoms with van der Waals surface area (Å²) < 4.78 is 33.1. The molecule has 0 unspecified atom stereocenters. The summed E-state index contributed by atoms with van der Waals surface area (Å²) in [5.41, 5.74) is 3.96. The molecule has 2 aliphatic rings. The van der Waals surface area contributed by atoms with Crippen molar-refractivity contribution in [2.75, 3.05) is 31.7 Å². The van der Waals surface area contributed by atoms with Gasteiger partial charge in [0.2, 0.25) is 10.0 Å². The van der Waals surface area contributed by atoms with Crippen molar-refractivity contribution in [1.82, 2.24) is 4.31 Å². The molecule has 0 spiro atoms. The first-order chi connectivity index (χ1) is 15.5. The number of nitro groups is 1. The second-order valence-corrected chi connectivity index (χ2v) is 10.3. The Morgan fingerprint density at radius 2 is 1.50 bits per heavy atom. The normalized spacial score (nSPS) is 20.1. The lowest BCUT2D eigenvalue weighted by molar-refractivity contribution is -0.385. The largest absolute Gasteiger partial charge is 0.379 e. The number of ether oxygens (including phenoxy) is 1. The minimum Gasteiger partial charge on any atom is -0.379 e. The molecular weight excluding hydrogens is 432 g/mol. The van der Waals surface area contributed by atoms with Gasteiger partial charge in [-0.25, -0.2) is 8.42 Å². The number of hydrazone groups is 1. The van der Waals surface area contributed by atoms with E-state index >= 15 is 0 Å². The molecule has 0 bridgehead atoms. The number of hydrogen-bond acceptors (Lipinski definition) is 7. The minimum atomic E-state index is -3.92. The molecule has 1 heterocycles. The van der Waals surface area contributed by atoms with Gasteiger partial charge in [-0.15, -0.1) is 0 Å². The van der Waals surface area contributed by atoms with Crippen molar-refractivity contribution in [3.63, 3.8) is 0 Å². The van der Waals surface area contributed by atoms with Crippen LogP contribution in [-0.2, 0) is 14.8 Å². The first-order valence-electron chi connectivity index (χ1n) is 11.7. The molecule has 0 atom stereocenters. The lowest BCUT2D eigenvalue weighted by atomic mass is 10.00. The summed E-state index contributed by atoms with van der Waals surface area (Å²) in [6.45, 7) is 1.05. The molecule has 2 fully saturated rings. The maximum absolute atomic E-state index is 13.2. The van der Waals surface area contributed by atoms with Gasteiger partial charge in [-0.3, -0.25) is 15.5 Å². The Bertz CT molecular complexity index is 884. The third-order valence-corrected chi connectivity index (χ3v) is 7.97. The molecule has 1 aromatic rings. The summed E-state index contributed by atoms with van der Waals surface area (Å²) in [6.07, 6.45) is 12.6. The highest BCUT2D eigenvalue weighted by atomic mass is 32.2. The quantitative estimate of drug-likeness (QED) is 0.497. The third kappa shape index (κ3) is 6.98. The number of nitrogens with zero attached hydrogens (tertiary/aromatic N) is 3. The summed E-state index contributed by atoms with van der Waals surface area (Å²) in [6, 6.07) is 3.86. The van der Waals surface area contributed by atoms with Gasteiger partial charge in [-0.05, 0) is 31.7 Å². The fourth-order valence-electron chi connectivity index (χ4n) is 4.13. The van der Waals surface area contributed by atoms with E-state index in [0.29, 0.717) is 13.2 Å². The van der Waals surface area contributed by atoms with Crippen LogP contribution in [0.5, 0.6) is 0 Å². The number of hydrogen-bond donors (Lipinski definition) is 1. The Balaban J connectivity index is 1.82. The number of benzene rings is 1. The van der Waals surface area contributed by atoms with Crippen molar-refractivity contribution >= 4 is 27.1 Å². The summed E-state index contributed by atoms with van der Waals surface area (Å²) in [5, 5.41) is 15.9. The van der Waals surface area contributed by atoms with Gasteiger partial charge >= 0.3 is 0 Å². The maximum Gasteiger partial charge on any atom is 0.270 e. The Morgan fingerprint density at radius 1 is 0.938 bits per heavy atom. The standard InChI is InChI=1S/C22H34N4O5S/c27-26(28)20-12-13-21(22(18-20)32(29,30)25-14-16-31-17-15-25)24-23-19-10-8-6-4-2-1-3-5-7-9-11-19/h12-13,18,24H,1-11,14-17H2. The lowest BCUT2D eigenvalue weighted by Crippen LogP contribution is -2.40. The zero-order valence-corrected chi connectivity index (χ0v) is 19.4. The van der Waals surface area contributed by atoms with E-state index in [1.165, 1.54) is 61.4 Å². The minimum absolute atomic E-state index is 0.119. The molecule has 0 aromatic heterocycles. The summed E-state index contributed by atoms with van der Waals surface area (Å²) in [5.74, 6) is 0. The summed E-state index contributed by atoms with van der Waals surface area (Å²) in [4.78, 5) is 10.6. The predicted octanol–water partition coefficient (Wildman–Crippen LogP) is 4.69. The number of sulfonamides is 1. The van der Waals surface area contributed by atoms with Gasteiger partial charge < -0.3 is 4.74 Å². The van der Waals surface area contributed by atoms with Crippen LogP contribution in [0.1, 0.15) is 70.6 Å². The van der Waals surface area contributed by atoms with Gasteiger partial charge in [0.15, 0.2) is 0 Å². The fourth-order valence-corrected chi connectivity index (χ4v) is 5.70. The van der Waals surface area contributed by atoms with Gasteiger partial charge in [-0.1, -0.05) is 44.9 Å². The molecule has 0 radical (unpaired) electrons. The second-order valence-electron chi connectivity index (χ2n) is 8.43. The molecule has 1 aliphatic heterocycles. The molecule has 1 aromatic carbocycles. The Labute approximate surface area is 190 Å². The van der Waals surface area contributed by atoms with E-state index in [1.807, 2.05) is 0 Å². The van der Waals surface area contributed by atoms with Crippen molar-refractivity contribution in [1.29, 1.82) is 0 Å². The van der Waals surface area contributed by atoms with Crippen molar-refractivity contribution in [2.24, 2.45) is 5.10 Å². The number of morpholine rings is 1. The maximum atomic E-state index is 13.2. The molecule has 0 amide bonds. The van der Waals surface area contributed by atoms with Crippen molar-refractivity contribution < 1.29 is 18.1 Å². The fraction of sp³-hybridized carbons (Fsp3) is 0.682. The van der Waals surface area contributed by atoms with Crippen molar-refractivity contribution in [3.05, 3.63) is 28.3 Å². The third-order valence-electron chi connectivity index (χ3n) is 6.03. The van der Waals surface area contributed by atoms with E-state index in [4.69, 9.17) is 4.74 Å². The molecule has 10 heteroatoms. The van der Waals surface area contributed by atoms with Gasteiger partial charge in [0.05, 0.1) is 23.8 Å². The molecule has 1 saturated carbocycles. The molecule has 1 saturated heterocycles. The Kier molecular flexibility index (Phi) is 9.43. The molecule has 3 rings (SSSR count). The number of non-ortho nitro benzene ring substituents is 1. The van der Waals surface area contributed by atoms with E-state index < -0.39 is 14.9 Å². The zero-order valence-electron chi connectivity index (χ0n) is 18.6. The first kappa shape index (κ1) is 24.6. The van der Waals surface area contributed by atoms with Crippen LogP contribution >= 0.6 is 0 Å². The number of anilines is 1. The van der Waals surface area contributed by atoms with Crippen LogP contribution in [0.25, 0.3) is 0 Å². The SMILES string of the molecule is O=[N+]([O-])c1ccc(NN=C2CCCCCCCCCCC2)c(S(=O)(=O)N2CCOCC2)c1. The summed E-state index contributed by atoms with van der Waals surface area (Å²) >= 11 is 0. The van der Waals surface area contributed by atoms with Crippen LogP contribution in [0.2, 0.25) is 0 Å². The van der Waals surface area contributed by atoms with E-state index in [2.05, 4.69) is 10.5 Å². The van der Waals surface area contributed by atoms with Gasteiger partial charge in [0.1, 0.15) is 4.90 Å². The Morgan fingerprint density at radius 3 is 2.06 bits per heavy atom. The van der Waals surface area contributed by atoms with E-state index in [0.717, 1.165) is 37.5 Å². The predicted molar refractivity (Wildman–Crippen MR) is 125 cm³/mol. The highest BCUT2D eigenvalue weighted by Crippen LogP contribution is 2.30. The first-order valence-corrected chi connectivity index (χ1v) is 13.1. The zero-order chi connectivity index (χ0) is 22.8. The van der Waals surface area contributed by atoms with Crippen LogP contribution in [0.15, 0.2) is 28.2 Å². The highest BCUT2D eigenvalue weighted by molar-refractivity contribution is 7.89. The molecule has 32 heavy (non-hydrogen) atoms. The average Bonchev–Trinajstić information content (AvgIpc) is 2.79. The van der Waals surface area contributed by atoms with E-state index in [9.17, 15) is 18.5 Å². The van der Waals surface area contributed by atoms with Gasteiger partial charge in [0.25, 0.3) is 5.69 Å². The molecular formula is C22H34N4O5S. The van der Waals surface area contributed by atoms with Crippen LogP contribution in [0.4, 0.5) is 11.4 Å². The topological polar surface area (TPSA) is 114 Å². The highest BCUT2D eigenvalue weighted by Gasteiger charge is 2.30. The van der Waals surface area contributed by atoms with Crippen LogP contribution in [-0.4, -0.2) is 49.7 Å². The van der Waals surface area contributed by atoms with Crippen LogP contribution in [0, 0.1) is 10.1 Å². The molecule has 9 nitrogen and oxygen atoms in total. The van der Waals surface area contributed by atoms with E-state index in [-0.39, 0.29) is 29.4 Å². The monoisotopic (exact) mass is 466 g/mol. The number of nitro benzene ring substituents is 1. The van der Waals surface area contributed by atoms with Crippen LogP contribution < -0.4 is 5.43 Å². The number of rotatable bonds is 5. The van der Waals surface area contributed by atoms with Crippen molar-refractivity contribution in [2.45, 2.75) is 75.5 Å². The smallest absolute Gasteiger partial charge is 0.270 e. The number of nitrogens with one attached hydrogen (secondary N) is 1. The second kappa shape index (κ2) is 12.3. The van der Waals surface area contributed by atoms with Crippen molar-refractivity contribution in [3.8, 4) is 0 Å². The molecule has 1 N–H and O–H groups in total. The van der Waals surface area contributed by atoms with E-state index in [1.54, 1.807) is 0 Å². The molecule has 178 valence electrons. The van der Waals surface area contributed by atoms with Crippen LogP contribution in [0.3, 0.4) is 0 Å².